The van der Waals surface area contributed by atoms with Gasteiger partial charge in [-0.2, -0.15) is 0 Å². The number of methoxy groups -OCH3 is 7. The van der Waals surface area contributed by atoms with Gasteiger partial charge in [-0.05, 0) is 30.2 Å². The van der Waals surface area contributed by atoms with Crippen LogP contribution in [0.25, 0.3) is 0 Å². The lowest BCUT2D eigenvalue weighted by molar-refractivity contribution is -0.170. The summed E-state index contributed by atoms with van der Waals surface area (Å²) >= 11 is 3.38. The Bertz CT molecular complexity index is 986. The van der Waals surface area contributed by atoms with Gasteiger partial charge in [0.2, 0.25) is 0 Å². The molecule has 0 fully saturated rings. The quantitative estimate of drug-likeness (QED) is 0.177. The smallest absolute Gasteiger partial charge is 0.320 e. The lowest BCUT2D eigenvalue weighted by Gasteiger charge is -2.33. The number of rotatable bonds is 13. The van der Waals surface area contributed by atoms with Crippen molar-refractivity contribution in [2.75, 3.05) is 49.8 Å². The van der Waals surface area contributed by atoms with Gasteiger partial charge in [-0.3, -0.25) is 28.8 Å². The Balaban J connectivity index is 4.12. The molecule has 1 aromatic carbocycles. The minimum Gasteiger partial charge on any atom is -0.497 e. The van der Waals surface area contributed by atoms with E-state index >= 15 is 0 Å². The van der Waals surface area contributed by atoms with E-state index in [-0.39, 0.29) is 5.56 Å². The van der Waals surface area contributed by atoms with Crippen molar-refractivity contribution in [1.82, 2.24) is 0 Å². The Labute approximate surface area is 233 Å². The third kappa shape index (κ3) is 7.91. The Morgan fingerprint density at radius 2 is 0.974 bits per heavy atom. The molecule has 0 aliphatic carbocycles. The zero-order chi connectivity index (χ0) is 29.9. The van der Waals surface area contributed by atoms with Crippen LogP contribution < -0.4 is 4.74 Å². The Morgan fingerprint density at radius 1 is 0.615 bits per heavy atom. The number of carbonyl (C=O) groups excluding carboxylic acids is 6. The first kappa shape index (κ1) is 33.3. The number of esters is 6. The Hall–Kier alpha value is -3.68. The third-order valence-electron chi connectivity index (χ3n) is 6.12. The van der Waals surface area contributed by atoms with Crippen LogP contribution in [0.1, 0.15) is 17.9 Å². The molecule has 0 aliphatic rings. The first-order valence-electron chi connectivity index (χ1n) is 11.3. The maximum absolute atomic E-state index is 12.9. The molecule has 13 nitrogen and oxygen atoms in total. The monoisotopic (exact) mass is 618 g/mol. The van der Waals surface area contributed by atoms with Crippen molar-refractivity contribution in [2.24, 2.45) is 23.7 Å². The number of hydrogen-bond donors (Lipinski definition) is 0. The van der Waals surface area contributed by atoms with E-state index < -0.39 is 71.8 Å². The van der Waals surface area contributed by atoms with Gasteiger partial charge in [0.1, 0.15) is 5.75 Å². The minimum absolute atomic E-state index is 0.266. The summed E-state index contributed by atoms with van der Waals surface area (Å²) in [6, 6.07) is 4.64. The molecule has 1 unspecified atom stereocenters. The molecular formula is C25H31BrO13. The maximum atomic E-state index is 12.9. The SMILES string of the molecule is COC(=O)C(C(=O)OC)C(CC(C(C(=O)OC)C(=O)OC)C(C(=O)OC)C(=O)OC)c1cc(OC)ccc1Br. The first-order valence-corrected chi connectivity index (χ1v) is 12.1. The van der Waals surface area contributed by atoms with Crippen LogP contribution in [0, 0.1) is 23.7 Å². The van der Waals surface area contributed by atoms with E-state index in [1.165, 1.54) is 13.2 Å². The number of benzene rings is 1. The fraction of sp³-hybridized carbons (Fsp3) is 0.520. The zero-order valence-electron chi connectivity index (χ0n) is 22.5. The highest BCUT2D eigenvalue weighted by molar-refractivity contribution is 9.10. The van der Waals surface area contributed by atoms with Crippen LogP contribution in [-0.2, 0) is 57.2 Å². The summed E-state index contributed by atoms with van der Waals surface area (Å²) in [6.07, 6.45) is -0.523. The number of halogens is 1. The highest BCUT2D eigenvalue weighted by atomic mass is 79.9. The van der Waals surface area contributed by atoms with E-state index in [9.17, 15) is 28.8 Å². The van der Waals surface area contributed by atoms with Gasteiger partial charge in [0.05, 0.1) is 49.8 Å². The molecule has 0 spiro atoms. The molecule has 0 aromatic heterocycles. The molecule has 0 saturated carbocycles. The van der Waals surface area contributed by atoms with E-state index in [0.717, 1.165) is 42.7 Å². The topological polar surface area (TPSA) is 167 Å². The molecule has 1 aromatic rings. The highest BCUT2D eigenvalue weighted by Gasteiger charge is 2.51. The molecule has 14 heteroatoms. The van der Waals surface area contributed by atoms with Gasteiger partial charge in [-0.15, -0.1) is 0 Å². The standard InChI is InChI=1S/C25H31BrO13/c1-33-12-8-9-16(26)13(10-12)14(17(20(27)34-2)21(28)35-3)11-15(18(22(29)36-4)23(30)37-5)19(24(31)38-6)25(32)39-7/h8-10,14-15,17-19H,11H2,1-7H3. The van der Waals surface area contributed by atoms with Gasteiger partial charge >= 0.3 is 35.8 Å². The van der Waals surface area contributed by atoms with Crippen LogP contribution in [0.15, 0.2) is 22.7 Å². The summed E-state index contributed by atoms with van der Waals surface area (Å²) in [5.74, 6) is -14.7. The van der Waals surface area contributed by atoms with E-state index in [1.807, 2.05) is 0 Å². The fourth-order valence-electron chi connectivity index (χ4n) is 4.21. The minimum atomic E-state index is -1.88. The lowest BCUT2D eigenvalue weighted by Crippen LogP contribution is -2.45. The van der Waals surface area contributed by atoms with Crippen molar-refractivity contribution >= 4 is 51.7 Å². The third-order valence-corrected chi connectivity index (χ3v) is 6.84. The summed E-state index contributed by atoms with van der Waals surface area (Å²) in [5.41, 5.74) is 0.266. The van der Waals surface area contributed by atoms with Crippen LogP contribution in [0.2, 0.25) is 0 Å². The van der Waals surface area contributed by atoms with Crippen LogP contribution >= 0.6 is 15.9 Å². The largest absolute Gasteiger partial charge is 0.497 e. The molecule has 0 amide bonds. The molecule has 216 valence electrons. The van der Waals surface area contributed by atoms with Gasteiger partial charge in [0.15, 0.2) is 17.8 Å². The first-order chi connectivity index (χ1) is 18.5. The Kier molecular flexibility index (Phi) is 13.4. The lowest BCUT2D eigenvalue weighted by atomic mass is 9.71. The number of carbonyl (C=O) groups is 6. The van der Waals surface area contributed by atoms with Crippen LogP contribution in [0.3, 0.4) is 0 Å². The predicted molar refractivity (Wildman–Crippen MR) is 134 cm³/mol. The second-order valence-electron chi connectivity index (χ2n) is 7.97. The molecule has 0 radical (unpaired) electrons. The van der Waals surface area contributed by atoms with Crippen LogP contribution in [-0.4, -0.2) is 85.6 Å². The van der Waals surface area contributed by atoms with Crippen molar-refractivity contribution in [3.05, 3.63) is 28.2 Å². The van der Waals surface area contributed by atoms with Gasteiger partial charge < -0.3 is 33.2 Å². The molecule has 0 saturated heterocycles. The Morgan fingerprint density at radius 3 is 1.31 bits per heavy atom. The molecule has 0 aliphatic heterocycles. The average Bonchev–Trinajstić information content (AvgIpc) is 2.95. The molecule has 1 rings (SSSR count). The van der Waals surface area contributed by atoms with Crippen LogP contribution in [0.5, 0.6) is 5.75 Å². The predicted octanol–water partition coefficient (Wildman–Crippen LogP) is 1.43. The average molecular weight is 619 g/mol. The second kappa shape index (κ2) is 15.7. The maximum Gasteiger partial charge on any atom is 0.320 e. The summed E-state index contributed by atoms with van der Waals surface area (Å²) in [7, 11) is 7.43. The molecule has 39 heavy (non-hydrogen) atoms. The van der Waals surface area contributed by atoms with Gasteiger partial charge in [0, 0.05) is 16.3 Å². The molecular weight excluding hydrogens is 588 g/mol. The normalized spacial score (nSPS) is 11.6. The summed E-state index contributed by atoms with van der Waals surface area (Å²) in [6.45, 7) is 0. The van der Waals surface area contributed by atoms with Crippen LogP contribution in [0.4, 0.5) is 0 Å². The second-order valence-corrected chi connectivity index (χ2v) is 8.82. The fourth-order valence-corrected chi connectivity index (χ4v) is 4.75. The van der Waals surface area contributed by atoms with E-state index in [1.54, 1.807) is 12.1 Å². The number of ether oxygens (including phenoxy) is 7. The van der Waals surface area contributed by atoms with Gasteiger partial charge in [0.25, 0.3) is 0 Å². The van der Waals surface area contributed by atoms with Gasteiger partial charge in [-0.1, -0.05) is 15.9 Å². The number of hydrogen-bond acceptors (Lipinski definition) is 13. The summed E-state index contributed by atoms with van der Waals surface area (Å²) < 4.78 is 34.5. The molecule has 0 heterocycles. The van der Waals surface area contributed by atoms with E-state index in [2.05, 4.69) is 15.9 Å². The van der Waals surface area contributed by atoms with E-state index in [0.29, 0.717) is 10.2 Å². The van der Waals surface area contributed by atoms with Crippen molar-refractivity contribution < 1.29 is 61.9 Å². The van der Waals surface area contributed by atoms with E-state index in [4.69, 9.17) is 33.2 Å². The van der Waals surface area contributed by atoms with Crippen molar-refractivity contribution in [3.63, 3.8) is 0 Å². The summed E-state index contributed by atoms with van der Waals surface area (Å²) in [5, 5.41) is 0. The van der Waals surface area contributed by atoms with Crippen molar-refractivity contribution in [1.29, 1.82) is 0 Å². The zero-order valence-corrected chi connectivity index (χ0v) is 24.1. The molecule has 1 atom stereocenters. The molecule has 0 N–H and O–H groups in total. The summed E-state index contributed by atoms with van der Waals surface area (Å²) in [4.78, 5) is 77.4. The van der Waals surface area contributed by atoms with Crippen molar-refractivity contribution in [3.8, 4) is 5.75 Å². The molecule has 0 bridgehead atoms. The highest BCUT2D eigenvalue weighted by Crippen LogP contribution is 2.43. The van der Waals surface area contributed by atoms with Crippen molar-refractivity contribution in [2.45, 2.75) is 12.3 Å². The van der Waals surface area contributed by atoms with Gasteiger partial charge in [-0.25, -0.2) is 0 Å².